The number of nitrogens with one attached hydrogen (secondary N) is 1. The monoisotopic (exact) mass is 253 g/mol. The van der Waals surface area contributed by atoms with Crippen LogP contribution in [0.4, 0.5) is 18.9 Å². The first-order chi connectivity index (χ1) is 8.57. The van der Waals surface area contributed by atoms with Crippen LogP contribution in [0.3, 0.4) is 0 Å². The van der Waals surface area contributed by atoms with Crippen molar-refractivity contribution in [3.8, 4) is 0 Å². The molecule has 1 N–H and O–H groups in total. The summed E-state index contributed by atoms with van der Waals surface area (Å²) in [7, 11) is 0. The Morgan fingerprint density at radius 2 is 1.72 bits per heavy atom. The zero-order chi connectivity index (χ0) is 13.0. The molecule has 2 rings (SSSR count). The molecule has 0 saturated heterocycles. The SMILES string of the molecule is FC(F)(F)c1ccccc1CNc1cncnc1. The van der Waals surface area contributed by atoms with Gasteiger partial charge in [-0.3, -0.25) is 0 Å². The number of nitrogens with zero attached hydrogens (tertiary/aromatic N) is 2. The van der Waals surface area contributed by atoms with E-state index in [4.69, 9.17) is 0 Å². The molecule has 1 aromatic heterocycles. The quantitative estimate of drug-likeness (QED) is 0.913. The number of benzene rings is 1. The van der Waals surface area contributed by atoms with Gasteiger partial charge in [0.15, 0.2) is 0 Å². The van der Waals surface area contributed by atoms with E-state index in [1.54, 1.807) is 6.07 Å². The molecule has 0 aliphatic carbocycles. The molecule has 0 fully saturated rings. The molecular weight excluding hydrogens is 243 g/mol. The number of alkyl halides is 3. The molecule has 1 aromatic carbocycles. The Labute approximate surface area is 102 Å². The topological polar surface area (TPSA) is 37.8 Å². The van der Waals surface area contributed by atoms with Crippen molar-refractivity contribution in [3.63, 3.8) is 0 Å². The van der Waals surface area contributed by atoms with Crippen molar-refractivity contribution in [1.29, 1.82) is 0 Å². The molecule has 0 radical (unpaired) electrons. The van der Waals surface area contributed by atoms with E-state index in [1.165, 1.54) is 30.9 Å². The summed E-state index contributed by atoms with van der Waals surface area (Å²) in [5, 5.41) is 2.85. The van der Waals surface area contributed by atoms with Gasteiger partial charge >= 0.3 is 6.18 Å². The summed E-state index contributed by atoms with van der Waals surface area (Å²) in [4.78, 5) is 7.54. The highest BCUT2D eigenvalue weighted by atomic mass is 19.4. The van der Waals surface area contributed by atoms with Gasteiger partial charge in [0.05, 0.1) is 23.6 Å². The molecule has 94 valence electrons. The van der Waals surface area contributed by atoms with Gasteiger partial charge in [-0.15, -0.1) is 0 Å². The maximum atomic E-state index is 12.7. The second-order valence-electron chi connectivity index (χ2n) is 3.64. The third-order valence-electron chi connectivity index (χ3n) is 2.37. The molecule has 0 aliphatic heterocycles. The fourth-order valence-corrected chi connectivity index (χ4v) is 1.54. The van der Waals surface area contributed by atoms with Gasteiger partial charge in [0, 0.05) is 6.54 Å². The van der Waals surface area contributed by atoms with Gasteiger partial charge < -0.3 is 5.32 Å². The molecule has 2 aromatic rings. The third kappa shape index (κ3) is 2.97. The normalized spacial score (nSPS) is 11.3. The van der Waals surface area contributed by atoms with Crippen molar-refractivity contribution in [2.24, 2.45) is 0 Å². The minimum Gasteiger partial charge on any atom is -0.378 e. The van der Waals surface area contributed by atoms with Crippen LogP contribution in [0.2, 0.25) is 0 Å². The Hall–Kier alpha value is -2.11. The van der Waals surface area contributed by atoms with Gasteiger partial charge in [0.25, 0.3) is 0 Å². The van der Waals surface area contributed by atoms with E-state index in [0.29, 0.717) is 5.69 Å². The van der Waals surface area contributed by atoms with Crippen molar-refractivity contribution < 1.29 is 13.2 Å². The minimum absolute atomic E-state index is 0.0725. The average molecular weight is 253 g/mol. The summed E-state index contributed by atoms with van der Waals surface area (Å²) in [6.07, 6.45) is 0.0205. The molecule has 0 atom stereocenters. The minimum atomic E-state index is -4.34. The molecule has 3 nitrogen and oxygen atoms in total. The highest BCUT2D eigenvalue weighted by molar-refractivity contribution is 5.40. The molecular formula is C12H10F3N3. The van der Waals surface area contributed by atoms with Crippen molar-refractivity contribution in [2.45, 2.75) is 12.7 Å². The molecule has 0 bridgehead atoms. The smallest absolute Gasteiger partial charge is 0.378 e. The first kappa shape index (κ1) is 12.3. The predicted molar refractivity (Wildman–Crippen MR) is 60.8 cm³/mol. The molecule has 1 heterocycles. The summed E-state index contributed by atoms with van der Waals surface area (Å²) in [6.45, 7) is 0.0725. The number of hydrogen-bond donors (Lipinski definition) is 1. The summed E-state index contributed by atoms with van der Waals surface area (Å²) in [5.41, 5.74) is 0.137. The van der Waals surface area contributed by atoms with E-state index in [0.717, 1.165) is 6.07 Å². The molecule has 18 heavy (non-hydrogen) atoms. The first-order valence-corrected chi connectivity index (χ1v) is 5.21. The third-order valence-corrected chi connectivity index (χ3v) is 2.37. The van der Waals surface area contributed by atoms with Crippen molar-refractivity contribution in [2.75, 3.05) is 5.32 Å². The van der Waals surface area contributed by atoms with Crippen LogP contribution < -0.4 is 5.32 Å². The zero-order valence-corrected chi connectivity index (χ0v) is 9.28. The van der Waals surface area contributed by atoms with Crippen LogP contribution >= 0.6 is 0 Å². The van der Waals surface area contributed by atoms with Crippen LogP contribution in [0.25, 0.3) is 0 Å². The van der Waals surface area contributed by atoms with Gasteiger partial charge in [-0.2, -0.15) is 13.2 Å². The van der Waals surface area contributed by atoms with Gasteiger partial charge in [-0.05, 0) is 11.6 Å². The van der Waals surface area contributed by atoms with Gasteiger partial charge in [0.1, 0.15) is 6.33 Å². The Balaban J connectivity index is 2.15. The molecule has 0 amide bonds. The first-order valence-electron chi connectivity index (χ1n) is 5.21. The van der Waals surface area contributed by atoms with Crippen molar-refractivity contribution >= 4 is 5.69 Å². The highest BCUT2D eigenvalue weighted by Gasteiger charge is 2.32. The van der Waals surface area contributed by atoms with E-state index in [1.807, 2.05) is 0 Å². The van der Waals surface area contributed by atoms with E-state index in [9.17, 15) is 13.2 Å². The lowest BCUT2D eigenvalue weighted by Crippen LogP contribution is -2.11. The highest BCUT2D eigenvalue weighted by Crippen LogP contribution is 2.32. The van der Waals surface area contributed by atoms with Gasteiger partial charge in [-0.1, -0.05) is 18.2 Å². The summed E-state index contributed by atoms with van der Waals surface area (Å²) in [6, 6.07) is 5.46. The summed E-state index contributed by atoms with van der Waals surface area (Å²) in [5.74, 6) is 0. The molecule has 0 aliphatic rings. The number of rotatable bonds is 3. The Morgan fingerprint density at radius 3 is 2.39 bits per heavy atom. The Morgan fingerprint density at radius 1 is 1.06 bits per heavy atom. The maximum absolute atomic E-state index is 12.7. The van der Waals surface area contributed by atoms with Crippen LogP contribution in [0, 0.1) is 0 Å². The number of hydrogen-bond acceptors (Lipinski definition) is 3. The van der Waals surface area contributed by atoms with Crippen LogP contribution in [0.15, 0.2) is 43.0 Å². The van der Waals surface area contributed by atoms with Crippen molar-refractivity contribution in [3.05, 3.63) is 54.1 Å². The van der Waals surface area contributed by atoms with Gasteiger partial charge in [0.2, 0.25) is 0 Å². The van der Waals surface area contributed by atoms with E-state index in [-0.39, 0.29) is 12.1 Å². The fourth-order valence-electron chi connectivity index (χ4n) is 1.54. The molecule has 0 unspecified atom stereocenters. The zero-order valence-electron chi connectivity index (χ0n) is 9.28. The van der Waals surface area contributed by atoms with E-state index in [2.05, 4.69) is 15.3 Å². The molecule has 0 spiro atoms. The van der Waals surface area contributed by atoms with Crippen LogP contribution in [0.1, 0.15) is 11.1 Å². The predicted octanol–water partition coefficient (Wildman–Crippen LogP) is 3.11. The number of aromatic nitrogens is 2. The second kappa shape index (κ2) is 5.03. The van der Waals surface area contributed by atoms with Crippen molar-refractivity contribution in [1.82, 2.24) is 9.97 Å². The Kier molecular flexibility index (Phi) is 3.45. The van der Waals surface area contributed by atoms with Gasteiger partial charge in [-0.25, -0.2) is 9.97 Å². The van der Waals surface area contributed by atoms with Crippen LogP contribution in [0.5, 0.6) is 0 Å². The maximum Gasteiger partial charge on any atom is 0.416 e. The fraction of sp³-hybridized carbons (Fsp3) is 0.167. The lowest BCUT2D eigenvalue weighted by Gasteiger charge is -2.13. The van der Waals surface area contributed by atoms with Crippen LogP contribution in [-0.2, 0) is 12.7 Å². The lowest BCUT2D eigenvalue weighted by atomic mass is 10.1. The average Bonchev–Trinajstić information content (AvgIpc) is 2.37. The standard InChI is InChI=1S/C12H10F3N3/c13-12(14,15)11-4-2-1-3-9(11)5-18-10-6-16-8-17-7-10/h1-4,6-8,18H,5H2. The van der Waals surface area contributed by atoms with E-state index >= 15 is 0 Å². The second-order valence-corrected chi connectivity index (χ2v) is 3.64. The summed E-state index contributed by atoms with van der Waals surface area (Å²) < 4.78 is 38.2. The molecule has 6 heteroatoms. The largest absolute Gasteiger partial charge is 0.416 e. The van der Waals surface area contributed by atoms with E-state index < -0.39 is 11.7 Å². The lowest BCUT2D eigenvalue weighted by molar-refractivity contribution is -0.138. The number of halogens is 3. The Bertz CT molecular complexity index is 511. The number of anilines is 1. The summed E-state index contributed by atoms with van der Waals surface area (Å²) >= 11 is 0. The molecule has 0 saturated carbocycles. The van der Waals surface area contributed by atoms with Crippen LogP contribution in [-0.4, -0.2) is 9.97 Å².